The first kappa shape index (κ1) is 23.4. The molecule has 4 heterocycles. The van der Waals surface area contributed by atoms with Crippen LogP contribution in [0.3, 0.4) is 0 Å². The molecule has 0 bridgehead atoms. The normalized spacial score (nSPS) is 16.0. The van der Waals surface area contributed by atoms with Crippen LogP contribution < -0.4 is 5.73 Å². The van der Waals surface area contributed by atoms with E-state index in [2.05, 4.69) is 12.1 Å². The number of thiophene rings is 1. The molecule has 1 aromatic carbocycles. The van der Waals surface area contributed by atoms with E-state index in [-0.39, 0.29) is 11.8 Å². The predicted molar refractivity (Wildman–Crippen MR) is 140 cm³/mol. The fourth-order valence-electron chi connectivity index (χ4n) is 4.27. The summed E-state index contributed by atoms with van der Waals surface area (Å²) in [5.41, 5.74) is 8.18. The minimum atomic E-state index is -0.0181. The molecule has 2 aromatic heterocycles. The van der Waals surface area contributed by atoms with Gasteiger partial charge in [0.2, 0.25) is 5.91 Å². The Hall–Kier alpha value is -2.30. The van der Waals surface area contributed by atoms with Crippen LogP contribution in [-0.2, 0) is 10.5 Å². The molecule has 2 aliphatic heterocycles. The minimum absolute atomic E-state index is 0.0181. The van der Waals surface area contributed by atoms with E-state index < -0.39 is 0 Å². The molecular formula is C24H27N5O2S3. The Balaban J connectivity index is 1.44. The van der Waals surface area contributed by atoms with Crippen molar-refractivity contribution in [2.75, 3.05) is 37.7 Å². The zero-order valence-electron chi connectivity index (χ0n) is 18.9. The maximum atomic E-state index is 13.1. The highest BCUT2D eigenvalue weighted by Gasteiger charge is 2.27. The Labute approximate surface area is 211 Å². The van der Waals surface area contributed by atoms with Gasteiger partial charge in [0, 0.05) is 31.9 Å². The zero-order chi connectivity index (χ0) is 23.5. The highest BCUT2D eigenvalue weighted by molar-refractivity contribution is 8.00. The summed E-state index contributed by atoms with van der Waals surface area (Å²) < 4.78 is 0. The third-order valence-corrected chi connectivity index (χ3v) is 9.09. The van der Waals surface area contributed by atoms with Crippen LogP contribution in [0.5, 0.6) is 0 Å². The van der Waals surface area contributed by atoms with Crippen LogP contribution in [0.15, 0.2) is 40.5 Å². The number of nitrogens with zero attached hydrogens (tertiary/aromatic N) is 4. The molecule has 0 unspecified atom stereocenters. The lowest BCUT2D eigenvalue weighted by Crippen LogP contribution is -2.29. The lowest BCUT2D eigenvalue weighted by Gasteiger charge is -2.14. The number of fused-ring (bicyclic) bond motifs is 1. The van der Waals surface area contributed by atoms with Crippen molar-refractivity contribution in [1.82, 2.24) is 19.8 Å². The number of thioether (sulfide) groups is 2. The number of hydrogen-bond donors (Lipinski definition) is 1. The van der Waals surface area contributed by atoms with E-state index >= 15 is 0 Å². The summed E-state index contributed by atoms with van der Waals surface area (Å²) >= 11 is 4.29. The van der Waals surface area contributed by atoms with Crippen LogP contribution in [0.4, 0.5) is 5.69 Å². The van der Waals surface area contributed by atoms with Gasteiger partial charge in [-0.05, 0) is 31.2 Å². The molecule has 2 aliphatic rings. The Kier molecular flexibility index (Phi) is 7.26. The SMILES string of the molecule is Nc1c(C(=O)N2CCCC2)sc2nc(SCC(=O)N3CCCC3)nc(SCc3ccccc3)c12. The quantitative estimate of drug-likeness (QED) is 0.282. The van der Waals surface area contributed by atoms with E-state index in [1.807, 2.05) is 28.0 Å². The van der Waals surface area contributed by atoms with Crippen LogP contribution in [0.1, 0.15) is 40.9 Å². The van der Waals surface area contributed by atoms with E-state index in [0.29, 0.717) is 26.3 Å². The van der Waals surface area contributed by atoms with Gasteiger partial charge in [-0.25, -0.2) is 9.97 Å². The van der Waals surface area contributed by atoms with Crippen LogP contribution in [0.25, 0.3) is 10.2 Å². The first-order valence-electron chi connectivity index (χ1n) is 11.6. The van der Waals surface area contributed by atoms with Gasteiger partial charge in [0.1, 0.15) is 14.7 Å². The summed E-state index contributed by atoms with van der Waals surface area (Å²) in [5.74, 6) is 1.15. The highest BCUT2D eigenvalue weighted by atomic mass is 32.2. The van der Waals surface area contributed by atoms with E-state index in [1.54, 1.807) is 11.8 Å². The summed E-state index contributed by atoms with van der Waals surface area (Å²) in [6.45, 7) is 3.21. The predicted octanol–water partition coefficient (Wildman–Crippen LogP) is 4.52. The van der Waals surface area contributed by atoms with Gasteiger partial charge in [-0.2, -0.15) is 0 Å². The molecule has 0 saturated carbocycles. The van der Waals surface area contributed by atoms with Crippen molar-refractivity contribution in [2.45, 2.75) is 41.6 Å². The summed E-state index contributed by atoms with van der Waals surface area (Å²) in [5, 5.41) is 2.07. The molecule has 2 saturated heterocycles. The second-order valence-corrected chi connectivity index (χ2v) is 11.4. The largest absolute Gasteiger partial charge is 0.397 e. The molecule has 178 valence electrons. The Morgan fingerprint density at radius 1 is 0.941 bits per heavy atom. The van der Waals surface area contributed by atoms with Gasteiger partial charge in [-0.15, -0.1) is 23.1 Å². The van der Waals surface area contributed by atoms with Crippen molar-refractivity contribution in [2.24, 2.45) is 0 Å². The molecule has 2 amide bonds. The van der Waals surface area contributed by atoms with Crippen molar-refractivity contribution in [3.05, 3.63) is 40.8 Å². The van der Waals surface area contributed by atoms with Gasteiger partial charge in [0.15, 0.2) is 5.16 Å². The van der Waals surface area contributed by atoms with Crippen molar-refractivity contribution in [1.29, 1.82) is 0 Å². The van der Waals surface area contributed by atoms with E-state index in [9.17, 15) is 9.59 Å². The molecular weight excluding hydrogens is 486 g/mol. The second-order valence-electron chi connectivity index (χ2n) is 8.49. The van der Waals surface area contributed by atoms with E-state index in [0.717, 1.165) is 68.0 Å². The third-order valence-electron chi connectivity index (χ3n) is 6.12. The summed E-state index contributed by atoms with van der Waals surface area (Å²) in [4.78, 5) is 40.2. The Morgan fingerprint density at radius 3 is 2.32 bits per heavy atom. The van der Waals surface area contributed by atoms with E-state index in [4.69, 9.17) is 15.7 Å². The summed E-state index contributed by atoms with van der Waals surface area (Å²) in [6.07, 6.45) is 4.20. The number of aromatic nitrogens is 2. The molecule has 0 aliphatic carbocycles. The molecule has 0 atom stereocenters. The Bertz CT molecular complexity index is 1190. The average Bonchev–Trinajstić information content (AvgIpc) is 3.63. The topological polar surface area (TPSA) is 92.4 Å². The van der Waals surface area contributed by atoms with E-state index in [1.165, 1.54) is 28.7 Å². The molecule has 10 heteroatoms. The number of carbonyl (C=O) groups excluding carboxylic acids is 2. The summed E-state index contributed by atoms with van der Waals surface area (Å²) in [7, 11) is 0. The minimum Gasteiger partial charge on any atom is -0.397 e. The number of anilines is 1. The zero-order valence-corrected chi connectivity index (χ0v) is 21.3. The molecule has 2 N–H and O–H groups in total. The maximum absolute atomic E-state index is 13.1. The molecule has 2 fully saturated rings. The molecule has 0 spiro atoms. The number of benzene rings is 1. The van der Waals surface area contributed by atoms with Crippen LogP contribution >= 0.6 is 34.9 Å². The molecule has 7 nitrogen and oxygen atoms in total. The standard InChI is InChI=1S/C24H27N5O2S3/c25-19-18-21(32-14-16-8-2-1-3-9-16)26-24(33-15-17(30)28-10-4-5-11-28)27-22(18)34-20(19)23(31)29-12-6-7-13-29/h1-3,8-9H,4-7,10-15,25H2. The lowest BCUT2D eigenvalue weighted by atomic mass is 10.2. The highest BCUT2D eigenvalue weighted by Crippen LogP contribution is 2.40. The number of nitrogen functional groups attached to an aromatic ring is 1. The van der Waals surface area contributed by atoms with Gasteiger partial charge in [0.25, 0.3) is 5.91 Å². The van der Waals surface area contributed by atoms with Gasteiger partial charge in [-0.1, -0.05) is 42.1 Å². The van der Waals surface area contributed by atoms with Crippen LogP contribution in [0.2, 0.25) is 0 Å². The number of amides is 2. The van der Waals surface area contributed by atoms with Crippen LogP contribution in [0, 0.1) is 0 Å². The van der Waals surface area contributed by atoms with Crippen LogP contribution in [-0.4, -0.2) is 63.5 Å². The van der Waals surface area contributed by atoms with Gasteiger partial charge in [-0.3, -0.25) is 9.59 Å². The fourth-order valence-corrected chi connectivity index (χ4v) is 7.26. The number of likely N-dealkylation sites (tertiary alicyclic amines) is 2. The fraction of sp³-hybridized carbons (Fsp3) is 0.417. The third kappa shape index (κ3) is 5.04. The lowest BCUT2D eigenvalue weighted by molar-refractivity contribution is -0.127. The molecule has 0 radical (unpaired) electrons. The Morgan fingerprint density at radius 2 is 1.62 bits per heavy atom. The monoisotopic (exact) mass is 513 g/mol. The molecule has 5 rings (SSSR count). The van der Waals surface area contributed by atoms with Crippen molar-refractivity contribution >= 4 is 62.6 Å². The number of rotatable bonds is 7. The number of hydrogen-bond acceptors (Lipinski definition) is 8. The number of carbonyl (C=O) groups is 2. The maximum Gasteiger partial charge on any atom is 0.266 e. The first-order chi connectivity index (χ1) is 16.6. The number of nitrogens with two attached hydrogens (primary N) is 1. The summed E-state index contributed by atoms with van der Waals surface area (Å²) in [6, 6.07) is 10.2. The first-order valence-corrected chi connectivity index (χ1v) is 14.4. The molecule has 3 aromatic rings. The van der Waals surface area contributed by atoms with Gasteiger partial charge < -0.3 is 15.5 Å². The van der Waals surface area contributed by atoms with Crippen molar-refractivity contribution in [3.63, 3.8) is 0 Å². The van der Waals surface area contributed by atoms with Gasteiger partial charge in [0.05, 0.1) is 16.8 Å². The van der Waals surface area contributed by atoms with Crippen molar-refractivity contribution in [3.8, 4) is 0 Å². The molecule has 34 heavy (non-hydrogen) atoms. The smallest absolute Gasteiger partial charge is 0.266 e. The van der Waals surface area contributed by atoms with Crippen molar-refractivity contribution < 1.29 is 9.59 Å². The van der Waals surface area contributed by atoms with Gasteiger partial charge >= 0.3 is 0 Å². The second kappa shape index (κ2) is 10.5. The average molecular weight is 514 g/mol.